The molecule has 26 heavy (non-hydrogen) atoms. The Labute approximate surface area is 162 Å². The van der Waals surface area contributed by atoms with E-state index in [1.807, 2.05) is 0 Å². The molecule has 8 heteroatoms. The maximum absolute atomic E-state index is 13.1. The van der Waals surface area contributed by atoms with Crippen LogP contribution >= 0.6 is 15.9 Å². The number of nitrogens with zero attached hydrogens (tertiary/aromatic N) is 1. The Morgan fingerprint density at radius 1 is 1.15 bits per heavy atom. The van der Waals surface area contributed by atoms with Crippen LogP contribution in [0.2, 0.25) is 0 Å². The van der Waals surface area contributed by atoms with Crippen LogP contribution in [0.4, 0.5) is 5.69 Å². The van der Waals surface area contributed by atoms with Gasteiger partial charge in [-0.1, -0.05) is 40.2 Å². The summed E-state index contributed by atoms with van der Waals surface area (Å²) in [5.41, 5.74) is 0.412. The van der Waals surface area contributed by atoms with Crippen molar-refractivity contribution in [2.75, 3.05) is 31.1 Å². The van der Waals surface area contributed by atoms with Crippen LogP contribution in [0.25, 0.3) is 0 Å². The van der Waals surface area contributed by atoms with E-state index in [9.17, 15) is 13.2 Å². The molecule has 0 unspecified atom stereocenters. The molecule has 140 valence electrons. The summed E-state index contributed by atoms with van der Waals surface area (Å²) >= 11 is 3.34. The second-order valence-corrected chi connectivity index (χ2v) is 8.28. The smallest absolute Gasteiger partial charge is 0.264 e. The standard InChI is InChI=1S/C18H21BrN2O4S/c1-25-12-6-11-20-18(22)14-21(16-8-5-7-15(19)13-16)26(23,24)17-9-3-2-4-10-17/h2-5,7-10,13H,6,11-12,14H2,1H3,(H,20,22). The van der Waals surface area contributed by atoms with Gasteiger partial charge in [-0.25, -0.2) is 8.42 Å². The second kappa shape index (κ2) is 9.70. The van der Waals surface area contributed by atoms with Crippen molar-refractivity contribution in [3.63, 3.8) is 0 Å². The molecule has 0 aromatic heterocycles. The Kier molecular flexibility index (Phi) is 7.62. The van der Waals surface area contributed by atoms with Gasteiger partial charge in [-0.3, -0.25) is 9.10 Å². The van der Waals surface area contributed by atoms with Crippen LogP contribution in [0.15, 0.2) is 64.0 Å². The van der Waals surface area contributed by atoms with Crippen LogP contribution in [0, 0.1) is 0 Å². The first-order chi connectivity index (χ1) is 12.4. The van der Waals surface area contributed by atoms with Crippen molar-refractivity contribution >= 4 is 37.5 Å². The number of rotatable bonds is 9. The monoisotopic (exact) mass is 440 g/mol. The third-order valence-corrected chi connectivity index (χ3v) is 5.84. The van der Waals surface area contributed by atoms with Crippen molar-refractivity contribution < 1.29 is 17.9 Å². The zero-order valence-corrected chi connectivity index (χ0v) is 16.8. The summed E-state index contributed by atoms with van der Waals surface area (Å²) < 4.78 is 32.9. The third kappa shape index (κ3) is 5.55. The topological polar surface area (TPSA) is 75.7 Å². The van der Waals surface area contributed by atoms with Gasteiger partial charge in [0.2, 0.25) is 5.91 Å². The van der Waals surface area contributed by atoms with Crippen LogP contribution in [-0.2, 0) is 19.6 Å². The number of carbonyl (C=O) groups excluding carboxylic acids is 1. The van der Waals surface area contributed by atoms with Crippen LogP contribution in [0.1, 0.15) is 6.42 Å². The van der Waals surface area contributed by atoms with Crippen LogP contribution in [0.5, 0.6) is 0 Å². The van der Waals surface area contributed by atoms with Gasteiger partial charge in [0.05, 0.1) is 10.6 Å². The van der Waals surface area contributed by atoms with Crippen LogP contribution < -0.4 is 9.62 Å². The molecule has 0 saturated carbocycles. The molecule has 0 spiro atoms. The highest BCUT2D eigenvalue weighted by Gasteiger charge is 2.27. The molecule has 0 saturated heterocycles. The number of benzene rings is 2. The number of sulfonamides is 1. The summed E-state index contributed by atoms with van der Waals surface area (Å²) in [5, 5.41) is 2.72. The van der Waals surface area contributed by atoms with Crippen molar-refractivity contribution in [1.82, 2.24) is 5.32 Å². The first kappa shape index (κ1) is 20.4. The first-order valence-electron chi connectivity index (χ1n) is 8.04. The summed E-state index contributed by atoms with van der Waals surface area (Å²) in [7, 11) is -2.29. The minimum absolute atomic E-state index is 0.132. The van der Waals surface area contributed by atoms with Crippen molar-refractivity contribution in [2.45, 2.75) is 11.3 Å². The Morgan fingerprint density at radius 3 is 2.54 bits per heavy atom. The number of ether oxygens (including phenoxy) is 1. The van der Waals surface area contributed by atoms with Gasteiger partial charge in [0.25, 0.3) is 10.0 Å². The summed E-state index contributed by atoms with van der Waals surface area (Å²) in [5.74, 6) is -0.374. The quantitative estimate of drug-likeness (QED) is 0.608. The fraction of sp³-hybridized carbons (Fsp3) is 0.278. The van der Waals surface area contributed by atoms with Gasteiger partial charge in [0.15, 0.2) is 0 Å². The lowest BCUT2D eigenvalue weighted by Gasteiger charge is -2.24. The maximum Gasteiger partial charge on any atom is 0.264 e. The van der Waals surface area contributed by atoms with E-state index in [0.29, 0.717) is 25.3 Å². The minimum Gasteiger partial charge on any atom is -0.385 e. The Balaban J connectivity index is 2.27. The van der Waals surface area contributed by atoms with Gasteiger partial charge in [0.1, 0.15) is 6.54 Å². The molecule has 6 nitrogen and oxygen atoms in total. The van der Waals surface area contributed by atoms with Crippen molar-refractivity contribution in [2.24, 2.45) is 0 Å². The zero-order chi connectivity index (χ0) is 19.0. The number of methoxy groups -OCH3 is 1. The predicted molar refractivity (Wildman–Crippen MR) is 105 cm³/mol. The van der Waals surface area contributed by atoms with Gasteiger partial charge >= 0.3 is 0 Å². The number of nitrogens with one attached hydrogen (secondary N) is 1. The molecule has 0 aliphatic carbocycles. The average Bonchev–Trinajstić information content (AvgIpc) is 2.64. The highest BCUT2D eigenvalue weighted by molar-refractivity contribution is 9.10. The van der Waals surface area contributed by atoms with Crippen molar-refractivity contribution in [3.8, 4) is 0 Å². The molecule has 0 atom stereocenters. The lowest BCUT2D eigenvalue weighted by atomic mass is 10.3. The van der Waals surface area contributed by atoms with Gasteiger partial charge in [-0.15, -0.1) is 0 Å². The number of carbonyl (C=O) groups is 1. The van der Waals surface area contributed by atoms with E-state index in [0.717, 1.165) is 8.78 Å². The molecule has 0 aliphatic rings. The van der Waals surface area contributed by atoms with Gasteiger partial charge in [-0.05, 0) is 36.8 Å². The number of amides is 1. The van der Waals surface area contributed by atoms with Gasteiger partial charge in [-0.2, -0.15) is 0 Å². The Hall–Kier alpha value is -1.90. The minimum atomic E-state index is -3.87. The average molecular weight is 441 g/mol. The number of hydrogen-bond donors (Lipinski definition) is 1. The van der Waals surface area contributed by atoms with E-state index in [1.54, 1.807) is 49.6 Å². The second-order valence-electron chi connectivity index (χ2n) is 5.50. The molecule has 2 aromatic carbocycles. The van der Waals surface area contributed by atoms with Crippen molar-refractivity contribution in [1.29, 1.82) is 0 Å². The highest BCUT2D eigenvalue weighted by Crippen LogP contribution is 2.26. The molecule has 0 fully saturated rings. The molecule has 2 aromatic rings. The normalized spacial score (nSPS) is 11.2. The van der Waals surface area contributed by atoms with Gasteiger partial charge in [0, 0.05) is 24.7 Å². The number of halogens is 1. The van der Waals surface area contributed by atoms with E-state index >= 15 is 0 Å². The van der Waals surface area contributed by atoms with Crippen LogP contribution in [0.3, 0.4) is 0 Å². The van der Waals surface area contributed by atoms with E-state index in [4.69, 9.17) is 4.74 Å². The molecule has 0 bridgehead atoms. The lowest BCUT2D eigenvalue weighted by Crippen LogP contribution is -2.41. The van der Waals surface area contributed by atoms with E-state index in [-0.39, 0.29) is 17.3 Å². The predicted octanol–water partition coefficient (Wildman–Crippen LogP) is 2.80. The third-order valence-electron chi connectivity index (χ3n) is 3.56. The summed E-state index contributed by atoms with van der Waals surface area (Å²) in [6.45, 7) is 0.642. The Bertz CT molecular complexity index is 828. The molecule has 1 amide bonds. The van der Waals surface area contributed by atoms with Crippen LogP contribution in [-0.4, -0.2) is 41.1 Å². The maximum atomic E-state index is 13.1. The van der Waals surface area contributed by atoms with E-state index in [1.165, 1.54) is 12.1 Å². The first-order valence-corrected chi connectivity index (χ1v) is 10.3. The van der Waals surface area contributed by atoms with Crippen molar-refractivity contribution in [3.05, 3.63) is 59.1 Å². The largest absolute Gasteiger partial charge is 0.385 e. The fourth-order valence-corrected chi connectivity index (χ4v) is 4.12. The lowest BCUT2D eigenvalue weighted by molar-refractivity contribution is -0.119. The molecular formula is C18H21BrN2O4S. The SMILES string of the molecule is COCCCNC(=O)CN(c1cccc(Br)c1)S(=O)(=O)c1ccccc1. The number of hydrogen-bond acceptors (Lipinski definition) is 4. The zero-order valence-electron chi connectivity index (χ0n) is 14.4. The molecule has 2 rings (SSSR count). The molecule has 0 heterocycles. The molecule has 0 radical (unpaired) electrons. The summed E-state index contributed by atoms with van der Waals surface area (Å²) in [6.07, 6.45) is 0.657. The van der Waals surface area contributed by atoms with E-state index < -0.39 is 10.0 Å². The summed E-state index contributed by atoms with van der Waals surface area (Å²) in [4.78, 5) is 12.4. The molecule has 0 aliphatic heterocycles. The molecule has 1 N–H and O–H groups in total. The van der Waals surface area contributed by atoms with E-state index in [2.05, 4.69) is 21.2 Å². The number of anilines is 1. The highest BCUT2D eigenvalue weighted by atomic mass is 79.9. The fourth-order valence-electron chi connectivity index (χ4n) is 2.30. The summed E-state index contributed by atoms with van der Waals surface area (Å²) in [6, 6.07) is 14.9. The Morgan fingerprint density at radius 2 is 1.88 bits per heavy atom. The van der Waals surface area contributed by atoms with Gasteiger partial charge < -0.3 is 10.1 Å². The molecular weight excluding hydrogens is 420 g/mol.